The Bertz CT molecular complexity index is 328. The fraction of sp³-hybridized carbons (Fsp3) is 0.786. The van der Waals surface area contributed by atoms with Crippen molar-refractivity contribution in [3.8, 4) is 0 Å². The van der Waals surface area contributed by atoms with Gasteiger partial charge in [0.2, 0.25) is 0 Å². The Morgan fingerprint density at radius 3 is 2.59 bits per heavy atom. The Morgan fingerprint density at radius 2 is 2.12 bits per heavy atom. The summed E-state index contributed by atoms with van der Waals surface area (Å²) >= 11 is 0. The van der Waals surface area contributed by atoms with Crippen LogP contribution in [0.15, 0.2) is 12.3 Å². The molecule has 3 heteroatoms. The first-order chi connectivity index (χ1) is 8.01. The normalized spacial score (nSPS) is 13.9. The van der Waals surface area contributed by atoms with Crippen LogP contribution in [0.2, 0.25) is 0 Å². The summed E-state index contributed by atoms with van der Waals surface area (Å²) in [5, 5.41) is 7.85. The number of hydrogen-bond donors (Lipinski definition) is 1. The molecule has 0 amide bonds. The molecule has 1 rings (SSSR count). The lowest BCUT2D eigenvalue weighted by molar-refractivity contribution is 0.222. The molecule has 0 aliphatic rings. The van der Waals surface area contributed by atoms with Gasteiger partial charge in [0.05, 0.1) is 0 Å². The number of aryl methyl sites for hydroxylation is 2. The average molecular weight is 237 g/mol. The second-order valence-corrected chi connectivity index (χ2v) is 5.44. The van der Waals surface area contributed by atoms with Gasteiger partial charge in [-0.3, -0.25) is 4.68 Å². The van der Waals surface area contributed by atoms with Crippen LogP contribution in [0.1, 0.15) is 46.2 Å². The summed E-state index contributed by atoms with van der Waals surface area (Å²) in [4.78, 5) is 0. The molecule has 0 aromatic carbocycles. The van der Waals surface area contributed by atoms with Crippen LogP contribution in [0, 0.1) is 5.41 Å². The molecule has 0 aliphatic carbocycles. The first-order valence-corrected chi connectivity index (χ1v) is 6.71. The van der Waals surface area contributed by atoms with Gasteiger partial charge in [0.15, 0.2) is 0 Å². The van der Waals surface area contributed by atoms with Crippen LogP contribution in [0.4, 0.5) is 0 Å². The fourth-order valence-corrected chi connectivity index (χ4v) is 2.20. The van der Waals surface area contributed by atoms with Crippen LogP contribution in [0.3, 0.4) is 0 Å². The van der Waals surface area contributed by atoms with E-state index in [1.807, 2.05) is 17.9 Å². The summed E-state index contributed by atoms with van der Waals surface area (Å²) in [6.45, 7) is 10.2. The topological polar surface area (TPSA) is 29.9 Å². The van der Waals surface area contributed by atoms with Gasteiger partial charge in [-0.15, -0.1) is 0 Å². The third-order valence-electron chi connectivity index (χ3n) is 3.92. The number of nitrogens with one attached hydrogen (secondary N) is 1. The molecular formula is C14H27N3. The lowest BCUT2D eigenvalue weighted by Gasteiger charge is -2.34. The van der Waals surface area contributed by atoms with E-state index in [1.165, 1.54) is 18.5 Å². The van der Waals surface area contributed by atoms with Crippen LogP contribution in [-0.4, -0.2) is 22.4 Å². The molecule has 98 valence electrons. The monoisotopic (exact) mass is 237 g/mol. The molecule has 0 aliphatic heterocycles. The van der Waals surface area contributed by atoms with Gasteiger partial charge in [-0.05, 0) is 37.3 Å². The predicted molar refractivity (Wildman–Crippen MR) is 73.1 cm³/mol. The van der Waals surface area contributed by atoms with Crippen molar-refractivity contribution in [2.75, 3.05) is 6.54 Å². The molecule has 1 aromatic rings. The Hall–Kier alpha value is -0.830. The minimum Gasteiger partial charge on any atom is -0.314 e. The van der Waals surface area contributed by atoms with Crippen molar-refractivity contribution in [3.05, 3.63) is 18.0 Å². The van der Waals surface area contributed by atoms with Crippen molar-refractivity contribution in [2.45, 2.75) is 53.0 Å². The third-order valence-corrected chi connectivity index (χ3v) is 3.92. The van der Waals surface area contributed by atoms with Gasteiger partial charge >= 0.3 is 0 Å². The smallest absolute Gasteiger partial charge is 0.0492 e. The quantitative estimate of drug-likeness (QED) is 0.790. The van der Waals surface area contributed by atoms with Crippen molar-refractivity contribution in [2.24, 2.45) is 12.5 Å². The highest BCUT2D eigenvalue weighted by atomic mass is 15.2. The number of hydrogen-bond acceptors (Lipinski definition) is 2. The van der Waals surface area contributed by atoms with Crippen LogP contribution in [0.5, 0.6) is 0 Å². The molecule has 1 heterocycles. The molecule has 1 aromatic heterocycles. The van der Waals surface area contributed by atoms with E-state index in [9.17, 15) is 0 Å². The van der Waals surface area contributed by atoms with E-state index in [2.05, 4.69) is 44.2 Å². The summed E-state index contributed by atoms with van der Waals surface area (Å²) in [7, 11) is 2.02. The molecule has 3 nitrogen and oxygen atoms in total. The zero-order valence-electron chi connectivity index (χ0n) is 12.0. The molecule has 17 heavy (non-hydrogen) atoms. The van der Waals surface area contributed by atoms with Gasteiger partial charge in [-0.25, -0.2) is 0 Å². The highest BCUT2D eigenvalue weighted by molar-refractivity contribution is 5.01. The van der Waals surface area contributed by atoms with Gasteiger partial charge in [0, 0.05) is 25.0 Å². The van der Waals surface area contributed by atoms with E-state index < -0.39 is 0 Å². The Morgan fingerprint density at radius 1 is 1.41 bits per heavy atom. The molecule has 0 spiro atoms. The maximum absolute atomic E-state index is 4.22. The average Bonchev–Trinajstić information content (AvgIpc) is 2.70. The molecule has 0 saturated heterocycles. The number of rotatable bonds is 7. The fourth-order valence-electron chi connectivity index (χ4n) is 2.20. The zero-order chi connectivity index (χ0) is 12.9. The maximum Gasteiger partial charge on any atom is 0.0492 e. The van der Waals surface area contributed by atoms with E-state index in [4.69, 9.17) is 0 Å². The van der Waals surface area contributed by atoms with Crippen molar-refractivity contribution in [1.82, 2.24) is 15.1 Å². The van der Waals surface area contributed by atoms with Gasteiger partial charge in [-0.2, -0.15) is 5.10 Å². The first-order valence-electron chi connectivity index (χ1n) is 6.71. The highest BCUT2D eigenvalue weighted by Gasteiger charge is 2.26. The lowest BCUT2D eigenvalue weighted by Crippen LogP contribution is -2.42. The van der Waals surface area contributed by atoms with E-state index >= 15 is 0 Å². The standard InChI is InChI=1S/C14H27N3/c1-6-14(3,4)13(15-7-2)9-8-12-10-11-16-17(12)5/h10-11,13,15H,6-9H2,1-5H3. The minimum atomic E-state index is 0.356. The second-order valence-electron chi connectivity index (χ2n) is 5.44. The molecule has 1 N–H and O–H groups in total. The van der Waals surface area contributed by atoms with Crippen LogP contribution in [-0.2, 0) is 13.5 Å². The summed E-state index contributed by atoms with van der Waals surface area (Å²) < 4.78 is 1.97. The molecule has 1 atom stereocenters. The van der Waals surface area contributed by atoms with Gasteiger partial charge in [0.1, 0.15) is 0 Å². The number of aromatic nitrogens is 2. The molecule has 1 unspecified atom stereocenters. The summed E-state index contributed by atoms with van der Waals surface area (Å²) in [5.41, 5.74) is 1.68. The van der Waals surface area contributed by atoms with Crippen LogP contribution >= 0.6 is 0 Å². The molecular weight excluding hydrogens is 210 g/mol. The van der Waals surface area contributed by atoms with Gasteiger partial charge < -0.3 is 5.32 Å². The summed E-state index contributed by atoms with van der Waals surface area (Å²) in [6.07, 6.45) is 5.35. The van der Waals surface area contributed by atoms with E-state index in [1.54, 1.807) is 0 Å². The molecule has 0 fully saturated rings. The highest BCUT2D eigenvalue weighted by Crippen LogP contribution is 2.27. The van der Waals surface area contributed by atoms with E-state index in [-0.39, 0.29) is 0 Å². The van der Waals surface area contributed by atoms with E-state index in [0.29, 0.717) is 11.5 Å². The minimum absolute atomic E-state index is 0.356. The number of nitrogens with zero attached hydrogens (tertiary/aromatic N) is 2. The van der Waals surface area contributed by atoms with Gasteiger partial charge in [0.25, 0.3) is 0 Å². The molecule has 0 saturated carbocycles. The molecule has 0 radical (unpaired) electrons. The van der Waals surface area contributed by atoms with Crippen molar-refractivity contribution < 1.29 is 0 Å². The van der Waals surface area contributed by atoms with Crippen LogP contribution in [0.25, 0.3) is 0 Å². The second kappa shape index (κ2) is 6.20. The Balaban J connectivity index is 2.59. The Labute approximate surface area is 106 Å². The zero-order valence-corrected chi connectivity index (χ0v) is 12.0. The van der Waals surface area contributed by atoms with Crippen molar-refractivity contribution in [1.29, 1.82) is 0 Å². The van der Waals surface area contributed by atoms with Crippen molar-refractivity contribution >= 4 is 0 Å². The lowest BCUT2D eigenvalue weighted by atomic mass is 9.79. The summed E-state index contributed by atoms with van der Waals surface area (Å²) in [6, 6.07) is 2.69. The third kappa shape index (κ3) is 3.84. The summed E-state index contributed by atoms with van der Waals surface area (Å²) in [5.74, 6) is 0. The van der Waals surface area contributed by atoms with Crippen molar-refractivity contribution in [3.63, 3.8) is 0 Å². The van der Waals surface area contributed by atoms with E-state index in [0.717, 1.165) is 13.0 Å². The largest absolute Gasteiger partial charge is 0.314 e. The van der Waals surface area contributed by atoms with Crippen LogP contribution < -0.4 is 5.32 Å². The van der Waals surface area contributed by atoms with Gasteiger partial charge in [-0.1, -0.05) is 27.7 Å². The first kappa shape index (κ1) is 14.2. The maximum atomic E-state index is 4.22. The Kier molecular flexibility index (Phi) is 5.19. The predicted octanol–water partition coefficient (Wildman–Crippen LogP) is 2.77. The molecule has 0 bridgehead atoms. The SMILES string of the molecule is CCNC(CCc1ccnn1C)C(C)(C)CC.